The molecule has 2 fully saturated rings. The number of aliphatic carboxylic acids is 1. The molecule has 1 heterocycles. The zero-order chi connectivity index (χ0) is 11.5. The van der Waals surface area contributed by atoms with Crippen LogP contribution in [0.15, 0.2) is 0 Å². The van der Waals surface area contributed by atoms with Gasteiger partial charge >= 0.3 is 12.0 Å². The predicted molar refractivity (Wildman–Crippen MR) is 55.0 cm³/mol. The van der Waals surface area contributed by atoms with E-state index in [1.807, 2.05) is 0 Å². The lowest BCUT2D eigenvalue weighted by atomic mass is 10.1. The first-order valence-corrected chi connectivity index (χ1v) is 5.54. The Labute approximate surface area is 93.3 Å². The minimum Gasteiger partial charge on any atom is -0.480 e. The largest absolute Gasteiger partial charge is 0.480 e. The summed E-state index contributed by atoms with van der Waals surface area (Å²) in [7, 11) is 0. The van der Waals surface area contributed by atoms with Crippen LogP contribution in [0.1, 0.15) is 19.3 Å². The summed E-state index contributed by atoms with van der Waals surface area (Å²) in [5, 5.41) is 13.5. The number of carbonyl (C=O) groups excluding carboxylic acids is 1. The van der Waals surface area contributed by atoms with Crippen LogP contribution in [-0.4, -0.2) is 42.4 Å². The molecular formula is C10H16N2O4. The molecule has 90 valence electrons. The quantitative estimate of drug-likeness (QED) is 0.629. The van der Waals surface area contributed by atoms with E-state index in [1.54, 1.807) is 0 Å². The standard InChI is InChI=1S/C10H16N2O4/c13-8(14)5-11-10(15)12-7-3-4-16-9(7)6-1-2-6/h6-7,9H,1-5H2,(H,13,14)(H2,11,12,15). The summed E-state index contributed by atoms with van der Waals surface area (Å²) >= 11 is 0. The minimum atomic E-state index is -1.04. The van der Waals surface area contributed by atoms with Gasteiger partial charge in [-0.25, -0.2) is 4.79 Å². The lowest BCUT2D eigenvalue weighted by molar-refractivity contribution is -0.135. The van der Waals surface area contributed by atoms with Crippen LogP contribution in [0, 0.1) is 5.92 Å². The maximum absolute atomic E-state index is 11.4. The van der Waals surface area contributed by atoms with Gasteiger partial charge in [0.1, 0.15) is 6.54 Å². The fraction of sp³-hybridized carbons (Fsp3) is 0.800. The van der Waals surface area contributed by atoms with Gasteiger partial charge in [-0.05, 0) is 25.2 Å². The minimum absolute atomic E-state index is 0.0290. The number of carboxylic acids is 1. The predicted octanol–water partition coefficient (Wildman–Crippen LogP) is -0.0623. The highest BCUT2D eigenvalue weighted by Crippen LogP contribution is 2.38. The Kier molecular flexibility index (Phi) is 3.28. The number of rotatable bonds is 4. The molecule has 2 unspecified atom stereocenters. The lowest BCUT2D eigenvalue weighted by Crippen LogP contribution is -2.47. The Hall–Kier alpha value is -1.30. The summed E-state index contributed by atoms with van der Waals surface area (Å²) in [6.45, 7) is 0.318. The van der Waals surface area contributed by atoms with Crippen LogP contribution in [0.4, 0.5) is 4.79 Å². The van der Waals surface area contributed by atoms with Gasteiger partial charge < -0.3 is 20.5 Å². The van der Waals surface area contributed by atoms with Crippen LogP contribution in [0.2, 0.25) is 0 Å². The normalized spacial score (nSPS) is 28.8. The zero-order valence-electron chi connectivity index (χ0n) is 8.94. The molecule has 16 heavy (non-hydrogen) atoms. The number of carbonyl (C=O) groups is 2. The highest BCUT2D eigenvalue weighted by atomic mass is 16.5. The average molecular weight is 228 g/mol. The molecule has 2 rings (SSSR count). The van der Waals surface area contributed by atoms with Crippen molar-refractivity contribution in [2.45, 2.75) is 31.4 Å². The molecule has 1 saturated heterocycles. The van der Waals surface area contributed by atoms with Crippen molar-refractivity contribution >= 4 is 12.0 Å². The van der Waals surface area contributed by atoms with E-state index >= 15 is 0 Å². The summed E-state index contributed by atoms with van der Waals surface area (Å²) in [4.78, 5) is 21.6. The van der Waals surface area contributed by atoms with Crippen LogP contribution < -0.4 is 10.6 Å². The Balaban J connectivity index is 1.75. The molecule has 3 N–H and O–H groups in total. The maximum Gasteiger partial charge on any atom is 0.323 e. The second kappa shape index (κ2) is 4.69. The number of nitrogens with one attached hydrogen (secondary N) is 2. The van der Waals surface area contributed by atoms with E-state index in [2.05, 4.69) is 10.6 Å². The van der Waals surface area contributed by atoms with Gasteiger partial charge in [-0.3, -0.25) is 4.79 Å². The second-order valence-electron chi connectivity index (χ2n) is 4.29. The Morgan fingerprint density at radius 3 is 2.69 bits per heavy atom. The van der Waals surface area contributed by atoms with E-state index in [9.17, 15) is 9.59 Å². The van der Waals surface area contributed by atoms with Gasteiger partial charge in [-0.2, -0.15) is 0 Å². The average Bonchev–Trinajstić information content (AvgIpc) is 2.97. The summed E-state index contributed by atoms with van der Waals surface area (Å²) in [5.41, 5.74) is 0. The van der Waals surface area contributed by atoms with Crippen LogP contribution in [0.25, 0.3) is 0 Å². The smallest absolute Gasteiger partial charge is 0.323 e. The summed E-state index contributed by atoms with van der Waals surface area (Å²) in [5.74, 6) is -0.469. The molecule has 0 aromatic heterocycles. The molecule has 0 aromatic rings. The van der Waals surface area contributed by atoms with Crippen molar-refractivity contribution in [3.8, 4) is 0 Å². The van der Waals surface area contributed by atoms with Crippen LogP contribution in [-0.2, 0) is 9.53 Å². The Morgan fingerprint density at radius 1 is 1.31 bits per heavy atom. The molecular weight excluding hydrogens is 212 g/mol. The van der Waals surface area contributed by atoms with E-state index in [0.717, 1.165) is 6.42 Å². The van der Waals surface area contributed by atoms with Gasteiger partial charge in [0.05, 0.1) is 12.1 Å². The first-order chi connectivity index (χ1) is 7.66. The second-order valence-corrected chi connectivity index (χ2v) is 4.29. The van der Waals surface area contributed by atoms with Gasteiger partial charge in [0.15, 0.2) is 0 Å². The molecule has 2 amide bonds. The van der Waals surface area contributed by atoms with E-state index < -0.39 is 12.0 Å². The van der Waals surface area contributed by atoms with Crippen LogP contribution in [0.5, 0.6) is 0 Å². The number of hydrogen-bond donors (Lipinski definition) is 3. The van der Waals surface area contributed by atoms with Crippen molar-refractivity contribution in [3.63, 3.8) is 0 Å². The van der Waals surface area contributed by atoms with Gasteiger partial charge in [-0.15, -0.1) is 0 Å². The molecule has 6 heteroatoms. The van der Waals surface area contributed by atoms with E-state index in [1.165, 1.54) is 12.8 Å². The first kappa shape index (κ1) is 11.2. The monoisotopic (exact) mass is 228 g/mol. The lowest BCUT2D eigenvalue weighted by Gasteiger charge is -2.19. The zero-order valence-corrected chi connectivity index (χ0v) is 8.94. The summed E-state index contributed by atoms with van der Waals surface area (Å²) in [6.07, 6.45) is 3.26. The molecule has 0 radical (unpaired) electrons. The topological polar surface area (TPSA) is 87.7 Å². The fourth-order valence-corrected chi connectivity index (χ4v) is 2.03. The molecule has 1 saturated carbocycles. The van der Waals surface area contributed by atoms with Gasteiger partial charge in [0.25, 0.3) is 0 Å². The third-order valence-corrected chi connectivity index (χ3v) is 2.94. The third kappa shape index (κ3) is 2.85. The molecule has 6 nitrogen and oxygen atoms in total. The molecule has 2 atom stereocenters. The SMILES string of the molecule is O=C(O)CNC(=O)NC1CCOC1C1CC1. The molecule has 1 aliphatic heterocycles. The molecule has 0 spiro atoms. The highest BCUT2D eigenvalue weighted by molar-refractivity contribution is 5.80. The number of hydrogen-bond acceptors (Lipinski definition) is 3. The van der Waals surface area contributed by atoms with Crippen molar-refractivity contribution in [3.05, 3.63) is 0 Å². The first-order valence-electron chi connectivity index (χ1n) is 5.54. The van der Waals surface area contributed by atoms with E-state index in [4.69, 9.17) is 9.84 Å². The fourth-order valence-electron chi connectivity index (χ4n) is 2.03. The number of carboxylic acid groups (broad SMARTS) is 1. The van der Waals surface area contributed by atoms with Crippen molar-refractivity contribution in [1.82, 2.24) is 10.6 Å². The van der Waals surface area contributed by atoms with Crippen molar-refractivity contribution in [1.29, 1.82) is 0 Å². The third-order valence-electron chi connectivity index (χ3n) is 2.94. The Bertz CT molecular complexity index is 291. The number of amides is 2. The van der Waals surface area contributed by atoms with Crippen LogP contribution in [0.3, 0.4) is 0 Å². The van der Waals surface area contributed by atoms with Gasteiger partial charge in [0, 0.05) is 6.61 Å². The van der Waals surface area contributed by atoms with Gasteiger partial charge in [0.2, 0.25) is 0 Å². The summed E-state index contributed by atoms with van der Waals surface area (Å²) in [6, 6.07) is -0.398. The van der Waals surface area contributed by atoms with Gasteiger partial charge in [-0.1, -0.05) is 0 Å². The molecule has 0 bridgehead atoms. The molecule has 2 aliphatic rings. The number of ether oxygens (including phenoxy) is 1. The maximum atomic E-state index is 11.4. The van der Waals surface area contributed by atoms with Crippen LogP contribution >= 0.6 is 0 Å². The number of urea groups is 1. The van der Waals surface area contributed by atoms with E-state index in [0.29, 0.717) is 12.5 Å². The molecule has 1 aliphatic carbocycles. The summed E-state index contributed by atoms with van der Waals surface area (Å²) < 4.78 is 5.56. The van der Waals surface area contributed by atoms with Crippen molar-refractivity contribution < 1.29 is 19.4 Å². The Morgan fingerprint density at radius 2 is 2.06 bits per heavy atom. The molecule has 0 aromatic carbocycles. The van der Waals surface area contributed by atoms with Crippen molar-refractivity contribution in [2.75, 3.05) is 13.2 Å². The van der Waals surface area contributed by atoms with E-state index in [-0.39, 0.29) is 18.7 Å². The highest BCUT2D eigenvalue weighted by Gasteiger charge is 2.41. The van der Waals surface area contributed by atoms with Crippen molar-refractivity contribution in [2.24, 2.45) is 5.92 Å².